The maximum Gasteiger partial charge on any atom is 0.335 e. The lowest BCUT2D eigenvalue weighted by atomic mass is 10.1. The topological polar surface area (TPSA) is 77.8 Å². The molecule has 0 aliphatic rings. The van der Waals surface area contributed by atoms with Crippen LogP contribution in [0.2, 0.25) is 0 Å². The fraction of sp³-hybridized carbons (Fsp3) is 0.200. The predicted octanol–water partition coefficient (Wildman–Crippen LogP) is 5.31. The van der Waals surface area contributed by atoms with Crippen LogP contribution in [-0.4, -0.2) is 27.1 Å². The maximum absolute atomic E-state index is 11.0. The Morgan fingerprint density at radius 1 is 0.600 bits per heavy atom. The van der Waals surface area contributed by atoms with E-state index in [1.54, 1.807) is 24.3 Å². The van der Waals surface area contributed by atoms with Crippen LogP contribution in [0.1, 0.15) is 51.3 Å². The van der Waals surface area contributed by atoms with Gasteiger partial charge in [0.05, 0.1) is 11.1 Å². The van der Waals surface area contributed by atoms with Gasteiger partial charge in [-0.3, -0.25) is 4.90 Å². The van der Waals surface area contributed by atoms with Crippen LogP contribution in [0.25, 0.3) is 0 Å². The van der Waals surface area contributed by atoms with E-state index in [4.69, 9.17) is 10.2 Å². The van der Waals surface area contributed by atoms with Crippen molar-refractivity contribution in [2.75, 3.05) is 0 Å². The summed E-state index contributed by atoms with van der Waals surface area (Å²) < 4.78 is 0. The molecule has 30 heavy (non-hydrogen) atoms. The zero-order chi connectivity index (χ0) is 21.9. The summed E-state index contributed by atoms with van der Waals surface area (Å²) >= 11 is 0. The fourth-order valence-electron chi connectivity index (χ4n) is 3.03. The molecule has 0 aliphatic carbocycles. The fourth-order valence-corrected chi connectivity index (χ4v) is 3.03. The summed E-state index contributed by atoms with van der Waals surface area (Å²) in [6, 6.07) is 23.9. The van der Waals surface area contributed by atoms with E-state index in [9.17, 15) is 9.59 Å². The molecule has 0 bridgehead atoms. The Morgan fingerprint density at radius 3 is 1.27 bits per heavy atom. The average Bonchev–Trinajstić information content (AvgIpc) is 2.76. The lowest BCUT2D eigenvalue weighted by molar-refractivity contribution is 0.0686. The Morgan fingerprint density at radius 2 is 0.933 bits per heavy atom. The van der Waals surface area contributed by atoms with Gasteiger partial charge in [-0.15, -0.1) is 0 Å². The number of aromatic carboxylic acids is 2. The molecule has 0 saturated carbocycles. The van der Waals surface area contributed by atoms with Crippen molar-refractivity contribution in [1.29, 1.82) is 0 Å². The summed E-state index contributed by atoms with van der Waals surface area (Å²) in [5.41, 5.74) is 3.74. The van der Waals surface area contributed by atoms with Crippen molar-refractivity contribution in [3.05, 3.63) is 107 Å². The lowest BCUT2D eigenvalue weighted by Gasteiger charge is -2.23. The first-order chi connectivity index (χ1) is 14.5. The van der Waals surface area contributed by atoms with E-state index in [1.165, 1.54) is 5.56 Å². The largest absolute Gasteiger partial charge is 0.478 e. The van der Waals surface area contributed by atoms with Crippen LogP contribution in [0.3, 0.4) is 0 Å². The minimum atomic E-state index is -0.939. The number of hydrogen-bond acceptors (Lipinski definition) is 3. The number of carboxylic acid groups (broad SMARTS) is 2. The Hall–Kier alpha value is -3.44. The van der Waals surface area contributed by atoms with Gasteiger partial charge in [0.25, 0.3) is 0 Å². The number of rotatable bonds is 8. The van der Waals surface area contributed by atoms with Crippen molar-refractivity contribution < 1.29 is 19.8 Å². The summed E-state index contributed by atoms with van der Waals surface area (Å²) in [5.74, 6) is -1.88. The van der Waals surface area contributed by atoms with Crippen LogP contribution >= 0.6 is 0 Å². The second-order valence-corrected chi connectivity index (χ2v) is 6.63. The molecule has 156 valence electrons. The Kier molecular flexibility index (Phi) is 8.78. The van der Waals surface area contributed by atoms with Crippen LogP contribution in [-0.2, 0) is 19.6 Å². The highest BCUT2D eigenvalue weighted by Gasteiger charge is 2.10. The van der Waals surface area contributed by atoms with E-state index in [0.29, 0.717) is 13.1 Å². The summed E-state index contributed by atoms with van der Waals surface area (Å²) in [6.45, 7) is 6.02. The van der Waals surface area contributed by atoms with Crippen molar-refractivity contribution in [2.45, 2.75) is 33.5 Å². The second kappa shape index (κ2) is 11.5. The highest BCUT2D eigenvalue weighted by molar-refractivity contribution is 5.87. The molecule has 0 unspecified atom stereocenters. The molecule has 0 spiro atoms. The SMILES string of the molecule is CC.O=C(O)c1ccc(CN(Cc2ccccc2)Cc2ccc(C(=O)O)cc2)cc1. The molecule has 0 aliphatic heterocycles. The van der Waals surface area contributed by atoms with Crippen molar-refractivity contribution in [3.63, 3.8) is 0 Å². The van der Waals surface area contributed by atoms with E-state index in [1.807, 2.05) is 56.3 Å². The molecule has 3 rings (SSSR count). The van der Waals surface area contributed by atoms with E-state index in [-0.39, 0.29) is 11.1 Å². The standard InChI is InChI=1S/C23H21NO4.C2H6/c25-22(26)20-10-6-18(7-11-20)15-24(14-17-4-2-1-3-5-17)16-19-8-12-21(13-9-19)23(27)28;1-2/h1-13H,14-16H2,(H,25,26)(H,27,28);1-2H3. The van der Waals surface area contributed by atoms with Crippen molar-refractivity contribution in [3.8, 4) is 0 Å². The summed E-state index contributed by atoms with van der Waals surface area (Å²) in [4.78, 5) is 24.3. The minimum Gasteiger partial charge on any atom is -0.478 e. The van der Waals surface area contributed by atoms with Gasteiger partial charge in [0.2, 0.25) is 0 Å². The van der Waals surface area contributed by atoms with Crippen molar-refractivity contribution in [1.82, 2.24) is 4.90 Å². The van der Waals surface area contributed by atoms with Gasteiger partial charge >= 0.3 is 11.9 Å². The van der Waals surface area contributed by atoms with Crippen LogP contribution in [0.5, 0.6) is 0 Å². The van der Waals surface area contributed by atoms with Gasteiger partial charge in [-0.2, -0.15) is 0 Å². The first-order valence-corrected chi connectivity index (χ1v) is 9.92. The van der Waals surface area contributed by atoms with E-state index in [2.05, 4.69) is 17.0 Å². The maximum atomic E-state index is 11.0. The van der Waals surface area contributed by atoms with Gasteiger partial charge in [0.15, 0.2) is 0 Å². The quantitative estimate of drug-likeness (QED) is 0.531. The summed E-state index contributed by atoms with van der Waals surface area (Å²) in [7, 11) is 0. The monoisotopic (exact) mass is 405 g/mol. The molecule has 5 nitrogen and oxygen atoms in total. The molecule has 2 N–H and O–H groups in total. The highest BCUT2D eigenvalue weighted by Crippen LogP contribution is 2.16. The van der Waals surface area contributed by atoms with Gasteiger partial charge in [-0.1, -0.05) is 68.4 Å². The van der Waals surface area contributed by atoms with E-state index in [0.717, 1.165) is 17.7 Å². The molecule has 0 heterocycles. The number of benzene rings is 3. The van der Waals surface area contributed by atoms with E-state index >= 15 is 0 Å². The molecule has 0 saturated heterocycles. The second-order valence-electron chi connectivity index (χ2n) is 6.63. The Bertz CT molecular complexity index is 876. The number of carbonyl (C=O) groups is 2. The van der Waals surface area contributed by atoms with Gasteiger partial charge in [-0.25, -0.2) is 9.59 Å². The van der Waals surface area contributed by atoms with Crippen LogP contribution in [0.4, 0.5) is 0 Å². The summed E-state index contributed by atoms with van der Waals surface area (Å²) in [6.07, 6.45) is 0. The third-order valence-corrected chi connectivity index (χ3v) is 4.46. The van der Waals surface area contributed by atoms with Gasteiger partial charge < -0.3 is 10.2 Å². The molecular weight excluding hydrogens is 378 g/mol. The highest BCUT2D eigenvalue weighted by atomic mass is 16.4. The molecular formula is C25H27NO4. The summed E-state index contributed by atoms with van der Waals surface area (Å²) in [5, 5.41) is 18.1. The van der Waals surface area contributed by atoms with Crippen molar-refractivity contribution >= 4 is 11.9 Å². The third kappa shape index (κ3) is 6.87. The van der Waals surface area contributed by atoms with Gasteiger partial charge in [0.1, 0.15) is 0 Å². The molecule has 0 fully saturated rings. The molecule has 0 radical (unpaired) electrons. The first kappa shape index (κ1) is 22.8. The normalized spacial score (nSPS) is 10.2. The predicted molar refractivity (Wildman–Crippen MR) is 118 cm³/mol. The molecule has 3 aromatic rings. The third-order valence-electron chi connectivity index (χ3n) is 4.46. The molecule has 3 aromatic carbocycles. The van der Waals surface area contributed by atoms with E-state index < -0.39 is 11.9 Å². The van der Waals surface area contributed by atoms with Crippen LogP contribution < -0.4 is 0 Å². The van der Waals surface area contributed by atoms with Crippen molar-refractivity contribution in [2.24, 2.45) is 0 Å². The van der Waals surface area contributed by atoms with Crippen LogP contribution in [0.15, 0.2) is 78.9 Å². The lowest BCUT2D eigenvalue weighted by Crippen LogP contribution is -2.22. The first-order valence-electron chi connectivity index (χ1n) is 9.92. The molecule has 0 amide bonds. The average molecular weight is 405 g/mol. The molecule has 0 atom stereocenters. The minimum absolute atomic E-state index is 0.266. The number of carboxylic acids is 2. The molecule has 0 aromatic heterocycles. The smallest absolute Gasteiger partial charge is 0.335 e. The Balaban J connectivity index is 0.00000155. The molecule has 5 heteroatoms. The number of hydrogen-bond donors (Lipinski definition) is 2. The van der Waals surface area contributed by atoms with Crippen LogP contribution in [0, 0.1) is 0 Å². The zero-order valence-corrected chi connectivity index (χ0v) is 17.3. The Labute approximate surface area is 177 Å². The van der Waals surface area contributed by atoms with Gasteiger partial charge in [0, 0.05) is 19.6 Å². The zero-order valence-electron chi connectivity index (χ0n) is 17.3. The van der Waals surface area contributed by atoms with Gasteiger partial charge in [-0.05, 0) is 41.0 Å². The number of nitrogens with zero attached hydrogens (tertiary/aromatic N) is 1.